The number of rotatable bonds is 10. The van der Waals surface area contributed by atoms with E-state index in [9.17, 15) is 9.18 Å². The predicted octanol–water partition coefficient (Wildman–Crippen LogP) is 4.01. The molecular formula is C26H31FN4O. The van der Waals surface area contributed by atoms with Crippen LogP contribution < -0.4 is 5.32 Å². The number of aryl methyl sites for hydroxylation is 1. The molecular weight excluding hydrogens is 403 g/mol. The molecule has 0 unspecified atom stereocenters. The van der Waals surface area contributed by atoms with E-state index in [4.69, 9.17) is 0 Å². The number of carbonyl (C=O) groups excluding carboxylic acids is 1. The minimum atomic E-state index is -0.211. The number of aromatic nitrogens is 2. The lowest BCUT2D eigenvalue weighted by Crippen LogP contribution is -2.39. The summed E-state index contributed by atoms with van der Waals surface area (Å²) in [4.78, 5) is 14.9. The van der Waals surface area contributed by atoms with Crippen molar-refractivity contribution in [3.63, 3.8) is 0 Å². The van der Waals surface area contributed by atoms with E-state index < -0.39 is 0 Å². The van der Waals surface area contributed by atoms with Gasteiger partial charge in [-0.1, -0.05) is 42.5 Å². The van der Waals surface area contributed by atoms with Gasteiger partial charge in [0.2, 0.25) is 5.91 Å². The molecule has 1 amide bonds. The Labute approximate surface area is 189 Å². The van der Waals surface area contributed by atoms with Crippen LogP contribution in [0.5, 0.6) is 0 Å². The molecule has 1 aliphatic carbocycles. The van der Waals surface area contributed by atoms with Crippen LogP contribution in [0.2, 0.25) is 0 Å². The molecule has 5 nitrogen and oxygen atoms in total. The van der Waals surface area contributed by atoms with Crippen molar-refractivity contribution in [1.82, 2.24) is 20.0 Å². The summed E-state index contributed by atoms with van der Waals surface area (Å²) < 4.78 is 15.4. The van der Waals surface area contributed by atoms with Crippen LogP contribution in [0.15, 0.2) is 54.6 Å². The number of hydrogen-bond acceptors (Lipinski definition) is 3. The zero-order valence-electron chi connectivity index (χ0n) is 18.9. The number of nitrogens with zero attached hydrogens (tertiary/aromatic N) is 3. The van der Waals surface area contributed by atoms with Crippen molar-refractivity contribution < 1.29 is 9.18 Å². The van der Waals surface area contributed by atoms with Crippen LogP contribution >= 0.6 is 0 Å². The molecule has 0 saturated heterocycles. The summed E-state index contributed by atoms with van der Waals surface area (Å²) in [6.07, 6.45) is 2.99. The van der Waals surface area contributed by atoms with Crippen LogP contribution in [0.3, 0.4) is 0 Å². The summed E-state index contributed by atoms with van der Waals surface area (Å²) in [6.45, 7) is 6.38. The fraction of sp³-hybridized carbons (Fsp3) is 0.385. The van der Waals surface area contributed by atoms with Gasteiger partial charge in [-0.2, -0.15) is 5.10 Å². The molecule has 1 saturated carbocycles. The number of nitrogens with one attached hydrogen (secondary N) is 1. The lowest BCUT2D eigenvalue weighted by Gasteiger charge is -2.21. The van der Waals surface area contributed by atoms with Gasteiger partial charge >= 0.3 is 0 Å². The van der Waals surface area contributed by atoms with Crippen molar-refractivity contribution in [3.8, 4) is 0 Å². The van der Waals surface area contributed by atoms with E-state index in [2.05, 4.69) is 34.4 Å². The van der Waals surface area contributed by atoms with Crippen molar-refractivity contribution in [2.45, 2.75) is 52.2 Å². The van der Waals surface area contributed by atoms with Crippen molar-refractivity contribution in [1.29, 1.82) is 0 Å². The second kappa shape index (κ2) is 10.1. The van der Waals surface area contributed by atoms with Gasteiger partial charge in [0.05, 0.1) is 18.8 Å². The zero-order valence-corrected chi connectivity index (χ0v) is 18.9. The largest absolute Gasteiger partial charge is 0.351 e. The molecule has 6 heteroatoms. The fourth-order valence-corrected chi connectivity index (χ4v) is 4.12. The van der Waals surface area contributed by atoms with Gasteiger partial charge in [0.15, 0.2) is 0 Å². The van der Waals surface area contributed by atoms with Crippen molar-refractivity contribution in [2.75, 3.05) is 13.1 Å². The van der Waals surface area contributed by atoms with Crippen molar-refractivity contribution in [3.05, 3.63) is 88.5 Å². The molecule has 3 aromatic rings. The SMILES string of the molecule is Cc1nn(Cc2ccccc2)c(C)c1CNC(=O)CN(CCc1cccc(F)c1)C1CC1. The summed E-state index contributed by atoms with van der Waals surface area (Å²) in [7, 11) is 0. The molecule has 4 rings (SSSR count). The quantitative estimate of drug-likeness (QED) is 0.525. The third kappa shape index (κ3) is 5.82. The summed E-state index contributed by atoms with van der Waals surface area (Å²) in [5.41, 5.74) is 5.27. The van der Waals surface area contributed by atoms with E-state index in [0.717, 1.165) is 54.9 Å². The van der Waals surface area contributed by atoms with Crippen molar-refractivity contribution >= 4 is 5.91 Å². The highest BCUT2D eigenvalue weighted by atomic mass is 19.1. The molecule has 0 spiro atoms. The Hall–Kier alpha value is -2.99. The molecule has 1 N–H and O–H groups in total. The van der Waals surface area contributed by atoms with E-state index in [-0.39, 0.29) is 11.7 Å². The fourth-order valence-electron chi connectivity index (χ4n) is 4.12. The van der Waals surface area contributed by atoms with Gasteiger partial charge in [-0.3, -0.25) is 14.4 Å². The molecule has 2 aromatic carbocycles. The summed E-state index contributed by atoms with van der Waals surface area (Å²) in [6, 6.07) is 17.4. The molecule has 1 heterocycles. The average Bonchev–Trinajstić information content (AvgIpc) is 3.58. The first kappa shape index (κ1) is 22.2. The van der Waals surface area contributed by atoms with Crippen LogP contribution in [0, 0.1) is 19.7 Å². The number of carbonyl (C=O) groups is 1. The topological polar surface area (TPSA) is 50.2 Å². The van der Waals surface area contributed by atoms with Gasteiger partial charge in [0.25, 0.3) is 0 Å². The van der Waals surface area contributed by atoms with Crippen LogP contribution in [0.1, 0.15) is 40.9 Å². The summed E-state index contributed by atoms with van der Waals surface area (Å²) >= 11 is 0. The Balaban J connectivity index is 1.31. The Bertz CT molecular complexity index is 1060. The molecule has 1 aliphatic rings. The minimum Gasteiger partial charge on any atom is -0.351 e. The average molecular weight is 435 g/mol. The number of benzene rings is 2. The molecule has 0 radical (unpaired) electrons. The second-order valence-corrected chi connectivity index (χ2v) is 8.65. The Morgan fingerprint density at radius 3 is 2.59 bits per heavy atom. The Kier molecular flexibility index (Phi) is 7.00. The van der Waals surface area contributed by atoms with Crippen LogP contribution in [0.25, 0.3) is 0 Å². The maximum atomic E-state index is 13.4. The predicted molar refractivity (Wildman–Crippen MR) is 124 cm³/mol. The summed E-state index contributed by atoms with van der Waals surface area (Å²) in [5.74, 6) is -0.192. The highest BCUT2D eigenvalue weighted by Crippen LogP contribution is 2.26. The maximum Gasteiger partial charge on any atom is 0.234 e. The third-order valence-corrected chi connectivity index (χ3v) is 6.16. The zero-order chi connectivity index (χ0) is 22.5. The molecule has 1 aromatic heterocycles. The van der Waals surface area contributed by atoms with Gasteiger partial charge in [0, 0.05) is 30.4 Å². The Morgan fingerprint density at radius 1 is 1.12 bits per heavy atom. The monoisotopic (exact) mass is 434 g/mol. The first-order valence-corrected chi connectivity index (χ1v) is 11.3. The minimum absolute atomic E-state index is 0.0192. The molecule has 0 aliphatic heterocycles. The van der Waals surface area contributed by atoms with E-state index in [1.165, 1.54) is 11.6 Å². The summed E-state index contributed by atoms with van der Waals surface area (Å²) in [5, 5.41) is 7.76. The van der Waals surface area contributed by atoms with Gasteiger partial charge in [-0.15, -0.1) is 0 Å². The van der Waals surface area contributed by atoms with Crippen LogP contribution in [-0.2, 0) is 24.3 Å². The van der Waals surface area contributed by atoms with E-state index in [0.29, 0.717) is 19.1 Å². The second-order valence-electron chi connectivity index (χ2n) is 8.65. The highest BCUT2D eigenvalue weighted by Gasteiger charge is 2.30. The number of hydrogen-bond donors (Lipinski definition) is 1. The first-order valence-electron chi connectivity index (χ1n) is 11.3. The van der Waals surface area contributed by atoms with Gasteiger partial charge < -0.3 is 5.32 Å². The third-order valence-electron chi connectivity index (χ3n) is 6.16. The lowest BCUT2D eigenvalue weighted by molar-refractivity contribution is -0.122. The van der Waals surface area contributed by atoms with Crippen molar-refractivity contribution in [2.24, 2.45) is 0 Å². The van der Waals surface area contributed by atoms with Gasteiger partial charge in [-0.05, 0) is 56.4 Å². The standard InChI is InChI=1S/C26H31FN4O/c1-19-25(20(2)31(29-19)17-22-7-4-3-5-8-22)16-28-26(32)18-30(24-11-12-24)14-13-21-9-6-10-23(27)15-21/h3-10,15,24H,11-14,16-18H2,1-2H3,(H,28,32). The van der Waals surface area contributed by atoms with E-state index in [1.54, 1.807) is 12.1 Å². The van der Waals surface area contributed by atoms with Crippen LogP contribution in [-0.4, -0.2) is 39.7 Å². The first-order chi connectivity index (χ1) is 15.5. The molecule has 1 fully saturated rings. The lowest BCUT2D eigenvalue weighted by atomic mass is 10.1. The highest BCUT2D eigenvalue weighted by molar-refractivity contribution is 5.78. The molecule has 0 atom stereocenters. The van der Waals surface area contributed by atoms with Gasteiger partial charge in [-0.25, -0.2) is 4.39 Å². The van der Waals surface area contributed by atoms with E-state index in [1.807, 2.05) is 35.9 Å². The normalized spacial score (nSPS) is 13.5. The van der Waals surface area contributed by atoms with Crippen LogP contribution in [0.4, 0.5) is 4.39 Å². The Morgan fingerprint density at radius 2 is 1.88 bits per heavy atom. The number of halogens is 1. The smallest absolute Gasteiger partial charge is 0.234 e. The van der Waals surface area contributed by atoms with Gasteiger partial charge in [0.1, 0.15) is 5.82 Å². The molecule has 168 valence electrons. The molecule has 0 bridgehead atoms. The molecule has 32 heavy (non-hydrogen) atoms. The maximum absolute atomic E-state index is 13.4. The number of amides is 1. The van der Waals surface area contributed by atoms with E-state index >= 15 is 0 Å².